The minimum absolute atomic E-state index is 0.140. The van der Waals surface area contributed by atoms with Crippen LogP contribution in [-0.4, -0.2) is 39.8 Å². The molecule has 1 N–H and O–H groups in total. The first kappa shape index (κ1) is 13.5. The number of carbonyl (C=O) groups excluding carboxylic acids is 1. The number of nitrogens with one attached hydrogen (secondary N) is 1. The van der Waals surface area contributed by atoms with Crippen LogP contribution < -0.4 is 19.7 Å². The van der Waals surface area contributed by atoms with Crippen LogP contribution in [0.3, 0.4) is 0 Å². The summed E-state index contributed by atoms with van der Waals surface area (Å²) in [5, 5.41) is 2.90. The van der Waals surface area contributed by atoms with Gasteiger partial charge in [0, 0.05) is 32.1 Å². The molecule has 1 heterocycles. The molecule has 0 radical (unpaired) electrons. The highest BCUT2D eigenvalue weighted by molar-refractivity contribution is 5.76. The van der Waals surface area contributed by atoms with Crippen molar-refractivity contribution < 1.29 is 14.3 Å². The summed E-state index contributed by atoms with van der Waals surface area (Å²) in [5.74, 6) is 1.72. The van der Waals surface area contributed by atoms with Crippen molar-refractivity contribution in [1.29, 1.82) is 0 Å². The van der Waals surface area contributed by atoms with E-state index < -0.39 is 0 Å². The first-order valence-corrected chi connectivity index (χ1v) is 6.48. The van der Waals surface area contributed by atoms with Crippen LogP contribution in [0.5, 0.6) is 11.5 Å². The number of amides is 1. The monoisotopic (exact) mass is 264 g/mol. The van der Waals surface area contributed by atoms with Gasteiger partial charge in [0.15, 0.2) is 0 Å². The van der Waals surface area contributed by atoms with Gasteiger partial charge in [0.2, 0.25) is 5.91 Å². The van der Waals surface area contributed by atoms with E-state index in [-0.39, 0.29) is 5.91 Å². The maximum atomic E-state index is 11.3. The van der Waals surface area contributed by atoms with Crippen molar-refractivity contribution in [1.82, 2.24) is 5.32 Å². The predicted molar refractivity (Wildman–Crippen MR) is 74.0 cm³/mol. The van der Waals surface area contributed by atoms with E-state index in [2.05, 4.69) is 10.2 Å². The fourth-order valence-corrected chi connectivity index (χ4v) is 2.25. The van der Waals surface area contributed by atoms with E-state index in [0.29, 0.717) is 13.0 Å². The fraction of sp³-hybridized carbons (Fsp3) is 0.500. The maximum Gasteiger partial charge on any atom is 0.220 e. The minimum atomic E-state index is 0.140. The van der Waals surface area contributed by atoms with E-state index >= 15 is 0 Å². The Hall–Kier alpha value is -1.91. The fourth-order valence-electron chi connectivity index (χ4n) is 2.25. The van der Waals surface area contributed by atoms with Crippen molar-refractivity contribution >= 4 is 11.6 Å². The zero-order valence-electron chi connectivity index (χ0n) is 11.4. The van der Waals surface area contributed by atoms with Crippen molar-refractivity contribution in [2.24, 2.45) is 0 Å². The Bertz CT molecular complexity index is 436. The van der Waals surface area contributed by atoms with E-state index in [0.717, 1.165) is 36.7 Å². The first-order chi connectivity index (χ1) is 9.24. The van der Waals surface area contributed by atoms with Crippen molar-refractivity contribution in [2.45, 2.75) is 12.8 Å². The summed E-state index contributed by atoms with van der Waals surface area (Å²) in [6.45, 7) is 2.30. The Balaban J connectivity index is 2.17. The number of benzene rings is 1. The van der Waals surface area contributed by atoms with Gasteiger partial charge in [0.1, 0.15) is 11.5 Å². The number of hydrogen-bond acceptors (Lipinski definition) is 4. The molecule has 19 heavy (non-hydrogen) atoms. The molecular formula is C14H20N2O3. The predicted octanol–water partition coefficient (Wildman–Crippen LogP) is 1.42. The van der Waals surface area contributed by atoms with Gasteiger partial charge in [-0.15, -0.1) is 0 Å². The Morgan fingerprint density at radius 3 is 2.79 bits per heavy atom. The molecule has 1 aromatic carbocycles. The number of nitrogens with zero attached hydrogens (tertiary/aromatic N) is 1. The molecule has 0 atom stereocenters. The third kappa shape index (κ3) is 3.30. The Kier molecular flexibility index (Phi) is 4.49. The van der Waals surface area contributed by atoms with Gasteiger partial charge in [-0.3, -0.25) is 4.79 Å². The highest BCUT2D eigenvalue weighted by Gasteiger charge is 2.16. The van der Waals surface area contributed by atoms with Crippen LogP contribution in [0, 0.1) is 0 Å². The van der Waals surface area contributed by atoms with Crippen molar-refractivity contribution in [3.05, 3.63) is 18.2 Å². The van der Waals surface area contributed by atoms with E-state index in [1.165, 1.54) is 0 Å². The molecule has 0 spiro atoms. The van der Waals surface area contributed by atoms with Gasteiger partial charge < -0.3 is 19.7 Å². The second-order valence-corrected chi connectivity index (χ2v) is 4.48. The lowest BCUT2D eigenvalue weighted by molar-refractivity contribution is -0.121. The van der Waals surface area contributed by atoms with Gasteiger partial charge in [-0.25, -0.2) is 0 Å². The van der Waals surface area contributed by atoms with Crippen LogP contribution in [0.4, 0.5) is 5.69 Å². The zero-order chi connectivity index (χ0) is 13.7. The summed E-state index contributed by atoms with van der Waals surface area (Å²) in [7, 11) is 3.30. The topological polar surface area (TPSA) is 50.8 Å². The van der Waals surface area contributed by atoms with Crippen LogP contribution in [0.25, 0.3) is 0 Å². The molecule has 1 saturated heterocycles. The third-order valence-electron chi connectivity index (χ3n) is 3.26. The van der Waals surface area contributed by atoms with Crippen molar-refractivity contribution in [3.63, 3.8) is 0 Å². The Labute approximate surface area is 113 Å². The highest BCUT2D eigenvalue weighted by atomic mass is 16.5. The van der Waals surface area contributed by atoms with Crippen molar-refractivity contribution in [2.75, 3.05) is 38.8 Å². The highest BCUT2D eigenvalue weighted by Crippen LogP contribution is 2.32. The number of anilines is 1. The van der Waals surface area contributed by atoms with Crippen LogP contribution in [0.1, 0.15) is 12.8 Å². The van der Waals surface area contributed by atoms with Gasteiger partial charge in [-0.2, -0.15) is 0 Å². The van der Waals surface area contributed by atoms with Crippen LogP contribution >= 0.6 is 0 Å². The summed E-state index contributed by atoms with van der Waals surface area (Å²) >= 11 is 0. The molecule has 0 bridgehead atoms. The summed E-state index contributed by atoms with van der Waals surface area (Å²) < 4.78 is 10.6. The summed E-state index contributed by atoms with van der Waals surface area (Å²) in [4.78, 5) is 13.5. The molecule has 104 valence electrons. The third-order valence-corrected chi connectivity index (χ3v) is 3.26. The molecule has 0 aromatic heterocycles. The standard InChI is InChI=1S/C14H20N2O3/c1-18-11-5-6-12(13(10-11)19-2)16-8-3-4-14(17)15-7-9-16/h5-6,10H,3-4,7-9H2,1-2H3,(H,15,17). The number of methoxy groups -OCH3 is 2. The zero-order valence-corrected chi connectivity index (χ0v) is 11.4. The molecule has 1 aromatic rings. The van der Waals surface area contributed by atoms with Gasteiger partial charge in [-0.05, 0) is 18.6 Å². The second-order valence-electron chi connectivity index (χ2n) is 4.48. The molecule has 5 heteroatoms. The lowest BCUT2D eigenvalue weighted by Crippen LogP contribution is -2.38. The van der Waals surface area contributed by atoms with Gasteiger partial charge in [0.05, 0.1) is 19.9 Å². The molecule has 0 aliphatic carbocycles. The average Bonchev–Trinajstić information content (AvgIpc) is 2.42. The Morgan fingerprint density at radius 1 is 1.21 bits per heavy atom. The van der Waals surface area contributed by atoms with Gasteiger partial charge in [0.25, 0.3) is 0 Å². The van der Waals surface area contributed by atoms with Crippen LogP contribution in [-0.2, 0) is 4.79 Å². The van der Waals surface area contributed by atoms with Gasteiger partial charge >= 0.3 is 0 Å². The van der Waals surface area contributed by atoms with Gasteiger partial charge in [-0.1, -0.05) is 0 Å². The minimum Gasteiger partial charge on any atom is -0.497 e. The molecule has 1 aliphatic heterocycles. The summed E-state index contributed by atoms with van der Waals surface area (Å²) in [6.07, 6.45) is 1.43. The van der Waals surface area contributed by atoms with E-state index in [4.69, 9.17) is 9.47 Å². The molecule has 0 saturated carbocycles. The summed E-state index contributed by atoms with van der Waals surface area (Å²) in [6, 6.07) is 5.81. The number of carbonyl (C=O) groups is 1. The SMILES string of the molecule is COc1ccc(N2CCCC(=O)NCC2)c(OC)c1. The Morgan fingerprint density at radius 2 is 2.05 bits per heavy atom. The van der Waals surface area contributed by atoms with Crippen LogP contribution in [0.2, 0.25) is 0 Å². The molecule has 2 rings (SSSR count). The normalized spacial score (nSPS) is 16.3. The van der Waals surface area contributed by atoms with E-state index in [9.17, 15) is 4.79 Å². The largest absolute Gasteiger partial charge is 0.497 e. The second kappa shape index (κ2) is 6.31. The molecule has 1 amide bonds. The first-order valence-electron chi connectivity index (χ1n) is 6.48. The summed E-state index contributed by atoms with van der Waals surface area (Å²) in [5.41, 5.74) is 1.04. The van der Waals surface area contributed by atoms with E-state index in [1.54, 1.807) is 14.2 Å². The quantitative estimate of drug-likeness (QED) is 0.897. The molecule has 1 fully saturated rings. The molecule has 5 nitrogen and oxygen atoms in total. The van der Waals surface area contributed by atoms with E-state index in [1.807, 2.05) is 18.2 Å². The lowest BCUT2D eigenvalue weighted by Gasteiger charge is -2.28. The number of hydrogen-bond donors (Lipinski definition) is 1. The number of rotatable bonds is 3. The maximum absolute atomic E-state index is 11.3. The van der Waals surface area contributed by atoms with Crippen molar-refractivity contribution in [3.8, 4) is 11.5 Å². The smallest absolute Gasteiger partial charge is 0.220 e. The molecule has 1 aliphatic rings. The lowest BCUT2D eigenvalue weighted by atomic mass is 10.2. The van der Waals surface area contributed by atoms with Crippen LogP contribution in [0.15, 0.2) is 18.2 Å². The molecule has 0 unspecified atom stereocenters. The number of ether oxygens (including phenoxy) is 2. The average molecular weight is 264 g/mol. The molecular weight excluding hydrogens is 244 g/mol.